The van der Waals surface area contributed by atoms with E-state index in [2.05, 4.69) is 15.6 Å². The molecular weight excluding hydrogens is 544 g/mol. The smallest absolute Gasteiger partial charge is 0.407 e. The summed E-state index contributed by atoms with van der Waals surface area (Å²) in [6.45, 7) is 12.7. The van der Waals surface area contributed by atoms with E-state index >= 15 is 4.39 Å². The van der Waals surface area contributed by atoms with Crippen molar-refractivity contribution in [1.29, 1.82) is 5.41 Å². The van der Waals surface area contributed by atoms with Gasteiger partial charge >= 0.3 is 6.09 Å². The van der Waals surface area contributed by atoms with E-state index in [-0.39, 0.29) is 31.0 Å². The van der Waals surface area contributed by atoms with E-state index in [1.807, 2.05) is 20.8 Å². The van der Waals surface area contributed by atoms with Crippen LogP contribution < -0.4 is 15.4 Å². The lowest BCUT2D eigenvalue weighted by molar-refractivity contribution is 0.0522. The maximum atomic E-state index is 15.1. The Morgan fingerprint density at radius 2 is 1.83 bits per heavy atom. The number of aromatic nitrogens is 2. The first-order valence-corrected chi connectivity index (χ1v) is 13.7. The molecule has 1 amide bonds. The highest BCUT2D eigenvalue weighted by Crippen LogP contribution is 2.35. The molecule has 2 aromatic heterocycles. The van der Waals surface area contributed by atoms with Crippen molar-refractivity contribution < 1.29 is 28.2 Å². The van der Waals surface area contributed by atoms with Gasteiger partial charge in [-0.2, -0.15) is 4.39 Å². The number of pyridine rings is 1. The monoisotopic (exact) mass is 585 g/mol. The van der Waals surface area contributed by atoms with Gasteiger partial charge < -0.3 is 35.0 Å². The second-order valence-corrected chi connectivity index (χ2v) is 12.1. The normalized spacial score (nSPS) is 13.4. The number of nitrogens with one attached hydrogen (secondary N) is 3. The maximum Gasteiger partial charge on any atom is 0.407 e. The second-order valence-electron chi connectivity index (χ2n) is 12.1. The SMILES string of the molecule is CN/C(C)=C(/CCOc1c(-c2ccc3ncc(CNC(=O)OC(C)(C)C)n3c2)ccc(F)c1F)C(=N)C(O)C(C)(C)C. The zero-order valence-corrected chi connectivity index (χ0v) is 25.5. The highest BCUT2D eigenvalue weighted by atomic mass is 19.2. The summed E-state index contributed by atoms with van der Waals surface area (Å²) in [7, 11) is 1.71. The Morgan fingerprint density at radius 3 is 2.45 bits per heavy atom. The molecule has 3 aromatic rings. The minimum absolute atomic E-state index is 0.0379. The molecule has 0 radical (unpaired) electrons. The number of halogens is 2. The van der Waals surface area contributed by atoms with E-state index in [0.29, 0.717) is 33.7 Å². The molecule has 0 aliphatic carbocycles. The van der Waals surface area contributed by atoms with Gasteiger partial charge in [0.1, 0.15) is 17.4 Å². The third kappa shape index (κ3) is 7.84. The minimum Gasteiger partial charge on any atom is -0.489 e. The number of hydrogen-bond acceptors (Lipinski definition) is 7. The lowest BCUT2D eigenvalue weighted by atomic mass is 9.83. The number of amides is 1. The first-order valence-electron chi connectivity index (χ1n) is 13.7. The van der Waals surface area contributed by atoms with E-state index in [1.165, 1.54) is 6.07 Å². The van der Waals surface area contributed by atoms with Gasteiger partial charge in [-0.3, -0.25) is 0 Å². The van der Waals surface area contributed by atoms with Gasteiger partial charge in [0.05, 0.1) is 30.8 Å². The Bertz CT molecular complexity index is 1480. The Kier molecular flexibility index (Phi) is 9.98. The van der Waals surface area contributed by atoms with Crippen LogP contribution in [0.15, 0.2) is 47.9 Å². The molecule has 0 saturated carbocycles. The highest BCUT2D eigenvalue weighted by Gasteiger charge is 2.29. The van der Waals surface area contributed by atoms with Crippen LogP contribution in [0.2, 0.25) is 0 Å². The average molecular weight is 586 g/mol. The Morgan fingerprint density at radius 1 is 1.14 bits per heavy atom. The summed E-state index contributed by atoms with van der Waals surface area (Å²) in [4.78, 5) is 16.5. The van der Waals surface area contributed by atoms with Gasteiger partial charge in [0.15, 0.2) is 11.6 Å². The number of ether oxygens (including phenoxy) is 2. The molecule has 1 atom stereocenters. The summed E-state index contributed by atoms with van der Waals surface area (Å²) in [5, 5.41) is 25.0. The zero-order chi connectivity index (χ0) is 31.4. The molecule has 2 heterocycles. The second kappa shape index (κ2) is 12.9. The largest absolute Gasteiger partial charge is 0.489 e. The maximum absolute atomic E-state index is 15.1. The fraction of sp³-hybridized carbons (Fsp3) is 0.452. The van der Waals surface area contributed by atoms with E-state index in [1.54, 1.807) is 63.7 Å². The van der Waals surface area contributed by atoms with Crippen molar-refractivity contribution in [1.82, 2.24) is 20.0 Å². The molecule has 1 aromatic carbocycles. The summed E-state index contributed by atoms with van der Waals surface area (Å²) < 4.78 is 42.4. The Balaban J connectivity index is 1.89. The number of carbonyl (C=O) groups excluding carboxylic acids is 1. The number of fused-ring (bicyclic) bond motifs is 1. The topological polar surface area (TPSA) is 121 Å². The van der Waals surface area contributed by atoms with Crippen molar-refractivity contribution >= 4 is 17.5 Å². The van der Waals surface area contributed by atoms with Gasteiger partial charge in [-0.1, -0.05) is 20.8 Å². The van der Waals surface area contributed by atoms with Crippen LogP contribution in [-0.2, 0) is 11.3 Å². The molecule has 1 unspecified atom stereocenters. The van der Waals surface area contributed by atoms with Crippen molar-refractivity contribution in [3.05, 3.63) is 65.3 Å². The molecule has 0 saturated heterocycles. The molecule has 9 nitrogen and oxygen atoms in total. The summed E-state index contributed by atoms with van der Waals surface area (Å²) in [5.41, 5.74) is 2.12. The van der Waals surface area contributed by atoms with Crippen LogP contribution in [0.4, 0.5) is 13.6 Å². The van der Waals surface area contributed by atoms with E-state index < -0.39 is 34.8 Å². The lowest BCUT2D eigenvalue weighted by Crippen LogP contribution is -2.36. The van der Waals surface area contributed by atoms with Gasteiger partial charge in [0.2, 0.25) is 5.82 Å². The lowest BCUT2D eigenvalue weighted by Gasteiger charge is -2.28. The van der Waals surface area contributed by atoms with E-state index in [4.69, 9.17) is 14.9 Å². The van der Waals surface area contributed by atoms with Crippen LogP contribution in [0.1, 0.15) is 60.6 Å². The van der Waals surface area contributed by atoms with E-state index in [9.17, 15) is 14.3 Å². The van der Waals surface area contributed by atoms with Crippen molar-refractivity contribution in [2.75, 3.05) is 13.7 Å². The fourth-order valence-corrected chi connectivity index (χ4v) is 4.23. The fourth-order valence-electron chi connectivity index (χ4n) is 4.23. The Hall–Kier alpha value is -3.99. The molecule has 0 fully saturated rings. The van der Waals surface area contributed by atoms with Crippen LogP contribution in [0, 0.1) is 22.5 Å². The molecule has 11 heteroatoms. The molecule has 0 bridgehead atoms. The van der Waals surface area contributed by atoms with Gasteiger partial charge in [0, 0.05) is 36.5 Å². The van der Waals surface area contributed by atoms with Crippen LogP contribution in [0.25, 0.3) is 16.8 Å². The van der Waals surface area contributed by atoms with Gasteiger partial charge in [0.25, 0.3) is 0 Å². The third-order valence-electron chi connectivity index (χ3n) is 6.60. The number of aliphatic hydroxyl groups excluding tert-OH is 1. The van der Waals surface area contributed by atoms with Crippen LogP contribution in [0.3, 0.4) is 0 Å². The Labute approximate surface area is 245 Å². The summed E-state index contributed by atoms with van der Waals surface area (Å²) in [6.07, 6.45) is 1.89. The molecule has 0 spiro atoms. The number of imidazole rings is 1. The summed E-state index contributed by atoms with van der Waals surface area (Å²) >= 11 is 0. The highest BCUT2D eigenvalue weighted by molar-refractivity contribution is 6.01. The zero-order valence-electron chi connectivity index (χ0n) is 25.5. The standard InChI is InChI=1S/C31H41F2N5O4/c1-18(35-8)21(26(34)28(39)30(2,3)4)13-14-41-27-22(10-11-23(32)25(27)33)19-9-12-24-36-15-20(38(24)17-19)16-37-29(40)42-31(5,6)7/h9-12,15,17,28,34-35,39H,13-14,16H2,1-8H3,(H,37,40)/b21-18-,34-26?. The number of allylic oxidation sites excluding steroid dienone is 1. The molecular formula is C31H41F2N5O4. The first kappa shape index (κ1) is 32.5. The molecule has 3 rings (SSSR count). The van der Waals surface area contributed by atoms with Crippen LogP contribution >= 0.6 is 0 Å². The molecule has 0 aliphatic heterocycles. The van der Waals surface area contributed by atoms with Gasteiger partial charge in [-0.25, -0.2) is 14.2 Å². The number of carbonyl (C=O) groups is 1. The van der Waals surface area contributed by atoms with Gasteiger partial charge in [-0.15, -0.1) is 0 Å². The van der Waals surface area contributed by atoms with Crippen molar-refractivity contribution in [3.8, 4) is 16.9 Å². The van der Waals surface area contributed by atoms with Crippen molar-refractivity contribution in [2.24, 2.45) is 5.41 Å². The van der Waals surface area contributed by atoms with Crippen molar-refractivity contribution in [3.63, 3.8) is 0 Å². The molecule has 228 valence electrons. The summed E-state index contributed by atoms with van der Waals surface area (Å²) in [6, 6.07) is 5.92. The van der Waals surface area contributed by atoms with Gasteiger partial charge in [-0.05, 0) is 62.9 Å². The molecule has 0 aliphatic rings. The number of aliphatic hydroxyl groups is 1. The van der Waals surface area contributed by atoms with E-state index in [0.717, 1.165) is 6.07 Å². The molecule has 42 heavy (non-hydrogen) atoms. The van der Waals surface area contributed by atoms with Crippen LogP contribution in [0.5, 0.6) is 5.75 Å². The summed E-state index contributed by atoms with van der Waals surface area (Å²) in [5.74, 6) is -2.46. The number of alkyl carbamates (subject to hydrolysis) is 1. The predicted octanol–water partition coefficient (Wildman–Crippen LogP) is 5.99. The third-order valence-corrected chi connectivity index (χ3v) is 6.60. The number of hydrogen-bond donors (Lipinski definition) is 4. The number of benzene rings is 1. The van der Waals surface area contributed by atoms with Crippen molar-refractivity contribution in [2.45, 2.75) is 73.1 Å². The number of nitrogens with zero attached hydrogens (tertiary/aromatic N) is 2. The molecule has 4 N–H and O–H groups in total. The number of rotatable bonds is 10. The first-order chi connectivity index (χ1) is 19.5. The average Bonchev–Trinajstić information content (AvgIpc) is 3.31. The van der Waals surface area contributed by atoms with Crippen LogP contribution in [-0.4, -0.2) is 51.7 Å². The quantitative estimate of drug-likeness (QED) is 0.217. The predicted molar refractivity (Wildman–Crippen MR) is 159 cm³/mol. The minimum atomic E-state index is -1.13.